The Morgan fingerprint density at radius 2 is 1.87 bits per heavy atom. The minimum atomic E-state index is -1.67. The van der Waals surface area contributed by atoms with Crippen molar-refractivity contribution in [2.24, 2.45) is 0 Å². The van der Waals surface area contributed by atoms with Crippen molar-refractivity contribution >= 4 is 35.2 Å². The van der Waals surface area contributed by atoms with Crippen LogP contribution in [0, 0.1) is 0 Å². The number of rotatable bonds is 6. The second kappa shape index (κ2) is 9.58. The number of benzene rings is 1. The molecule has 1 aromatic carbocycles. The summed E-state index contributed by atoms with van der Waals surface area (Å²) in [6, 6.07) is 4.00. The Labute approximate surface area is 223 Å². The number of carbonyl (C=O) groups is 5. The zero-order chi connectivity index (χ0) is 27.3. The van der Waals surface area contributed by atoms with Gasteiger partial charge in [0.2, 0.25) is 11.8 Å². The highest BCUT2D eigenvalue weighted by Crippen LogP contribution is 2.38. The van der Waals surface area contributed by atoms with E-state index >= 15 is 0 Å². The maximum atomic E-state index is 14.5. The monoisotopic (exact) mass is 536 g/mol. The van der Waals surface area contributed by atoms with Gasteiger partial charge in [0.05, 0.1) is 23.4 Å². The summed E-state index contributed by atoms with van der Waals surface area (Å²) in [7, 11) is 0. The molecular weight excluding hydrogens is 507 g/mol. The zero-order valence-corrected chi connectivity index (χ0v) is 21.3. The lowest BCUT2D eigenvalue weighted by Gasteiger charge is -2.40. The van der Waals surface area contributed by atoms with E-state index in [-0.39, 0.29) is 35.9 Å². The molecule has 12 heteroatoms. The number of likely N-dealkylation sites (tertiary alicyclic amines) is 1. The second-order valence-electron chi connectivity index (χ2n) is 10.7. The Kier molecular flexibility index (Phi) is 6.19. The van der Waals surface area contributed by atoms with E-state index in [2.05, 4.69) is 15.7 Å². The van der Waals surface area contributed by atoms with Crippen molar-refractivity contribution in [1.82, 2.24) is 24.9 Å². The number of aromatic nitrogens is 2. The van der Waals surface area contributed by atoms with Crippen LogP contribution in [0.5, 0.6) is 0 Å². The Hall–Kier alpha value is -4.09. The summed E-state index contributed by atoms with van der Waals surface area (Å²) < 4.78 is 16.4. The van der Waals surface area contributed by atoms with Gasteiger partial charge in [0.15, 0.2) is 5.67 Å². The Morgan fingerprint density at radius 1 is 1.10 bits per heavy atom. The normalized spacial score (nSPS) is 22.9. The Balaban J connectivity index is 1.09. The summed E-state index contributed by atoms with van der Waals surface area (Å²) >= 11 is 0. The maximum absolute atomic E-state index is 14.5. The van der Waals surface area contributed by atoms with Crippen LogP contribution in [0.1, 0.15) is 77.3 Å². The number of amides is 5. The Bertz CT molecular complexity index is 1380. The van der Waals surface area contributed by atoms with E-state index < -0.39 is 35.3 Å². The predicted molar refractivity (Wildman–Crippen MR) is 135 cm³/mol. The lowest BCUT2D eigenvalue weighted by Crippen LogP contribution is -2.54. The number of anilines is 1. The average Bonchev–Trinajstić information content (AvgIpc) is 3.49. The molecule has 11 nitrogen and oxygen atoms in total. The summed E-state index contributed by atoms with van der Waals surface area (Å²) in [6.07, 6.45) is 6.57. The van der Waals surface area contributed by atoms with Crippen molar-refractivity contribution in [3.63, 3.8) is 0 Å². The van der Waals surface area contributed by atoms with E-state index in [4.69, 9.17) is 0 Å². The van der Waals surface area contributed by atoms with E-state index in [1.54, 1.807) is 29.3 Å². The van der Waals surface area contributed by atoms with E-state index in [0.29, 0.717) is 51.0 Å². The topological polar surface area (TPSA) is 134 Å². The number of nitrogens with one attached hydrogen (secondary N) is 2. The molecular formula is C27H29FN6O5. The van der Waals surface area contributed by atoms with Crippen LogP contribution in [0.4, 0.5) is 10.1 Å². The number of alkyl halides is 1. The number of nitrogens with zero attached hydrogens (tertiary/aromatic N) is 4. The summed E-state index contributed by atoms with van der Waals surface area (Å²) in [5.74, 6) is -2.57. The smallest absolute Gasteiger partial charge is 0.264 e. The zero-order valence-electron chi connectivity index (χ0n) is 21.3. The summed E-state index contributed by atoms with van der Waals surface area (Å²) in [6.45, 7) is 1.34. The van der Waals surface area contributed by atoms with Gasteiger partial charge in [0.1, 0.15) is 6.04 Å². The molecule has 0 spiro atoms. The van der Waals surface area contributed by atoms with Gasteiger partial charge in [0.25, 0.3) is 17.7 Å². The van der Waals surface area contributed by atoms with Crippen LogP contribution in [-0.2, 0) is 20.9 Å². The van der Waals surface area contributed by atoms with Gasteiger partial charge in [0, 0.05) is 43.5 Å². The third-order valence-corrected chi connectivity index (χ3v) is 8.26. The van der Waals surface area contributed by atoms with Crippen LogP contribution >= 0.6 is 0 Å². The molecule has 2 saturated heterocycles. The molecule has 1 unspecified atom stereocenters. The van der Waals surface area contributed by atoms with E-state index in [0.717, 1.165) is 16.9 Å². The fraction of sp³-hybridized carbons (Fsp3) is 0.481. The van der Waals surface area contributed by atoms with Crippen LogP contribution in [0.25, 0.3) is 0 Å². The maximum Gasteiger partial charge on any atom is 0.264 e. The first-order valence-corrected chi connectivity index (χ1v) is 13.3. The molecule has 3 fully saturated rings. The van der Waals surface area contributed by atoms with E-state index in [1.807, 2.05) is 10.9 Å². The number of piperidine rings is 2. The molecule has 39 heavy (non-hydrogen) atoms. The number of hydrogen-bond acceptors (Lipinski definition) is 7. The molecule has 1 saturated carbocycles. The first kappa shape index (κ1) is 25.2. The molecule has 5 amide bonds. The van der Waals surface area contributed by atoms with Gasteiger partial charge in [-0.2, -0.15) is 5.10 Å². The number of fused-ring (bicyclic) bond motifs is 1. The van der Waals surface area contributed by atoms with Gasteiger partial charge in [-0.25, -0.2) is 4.39 Å². The number of halogens is 1. The number of carbonyl (C=O) groups excluding carboxylic acids is 5. The number of hydrogen-bond donors (Lipinski definition) is 2. The quantitative estimate of drug-likeness (QED) is 0.539. The number of imide groups is 2. The van der Waals surface area contributed by atoms with Crippen LogP contribution in [0.3, 0.4) is 0 Å². The molecule has 1 aromatic heterocycles. The fourth-order valence-electron chi connectivity index (χ4n) is 5.85. The molecule has 1 atom stereocenters. The third-order valence-electron chi connectivity index (χ3n) is 8.26. The molecule has 2 aromatic rings. The van der Waals surface area contributed by atoms with Crippen LogP contribution in [0.15, 0.2) is 30.6 Å². The van der Waals surface area contributed by atoms with Gasteiger partial charge in [-0.1, -0.05) is 6.07 Å². The van der Waals surface area contributed by atoms with Gasteiger partial charge < -0.3 is 10.2 Å². The third kappa shape index (κ3) is 4.37. The van der Waals surface area contributed by atoms with Crippen molar-refractivity contribution in [1.29, 1.82) is 0 Å². The highest BCUT2D eigenvalue weighted by atomic mass is 19.1. The van der Waals surface area contributed by atoms with Crippen LogP contribution in [0.2, 0.25) is 0 Å². The molecule has 4 heterocycles. The largest absolute Gasteiger partial charge is 0.380 e. The first-order valence-electron chi connectivity index (χ1n) is 13.3. The molecule has 2 N–H and O–H groups in total. The SMILES string of the molecule is O=C1CCC(N2C(=O)c3cccc(NCc4cnn(C5CCN(C(=O)C6(F)CCC6)CC5)c4)c3C2=O)C(=O)N1. The first-order chi connectivity index (χ1) is 18.7. The second-order valence-corrected chi connectivity index (χ2v) is 10.7. The summed E-state index contributed by atoms with van der Waals surface area (Å²) in [4.78, 5) is 65.2. The highest BCUT2D eigenvalue weighted by Gasteiger charge is 2.48. The molecule has 4 aliphatic rings. The van der Waals surface area contributed by atoms with Crippen molar-refractivity contribution in [3.05, 3.63) is 47.3 Å². The predicted octanol–water partition coefficient (Wildman–Crippen LogP) is 1.95. The van der Waals surface area contributed by atoms with Crippen molar-refractivity contribution in [2.75, 3.05) is 18.4 Å². The van der Waals surface area contributed by atoms with Gasteiger partial charge >= 0.3 is 0 Å². The minimum absolute atomic E-state index is 0.0604. The molecule has 6 rings (SSSR count). The highest BCUT2D eigenvalue weighted by molar-refractivity contribution is 6.25. The van der Waals surface area contributed by atoms with Crippen molar-refractivity contribution < 1.29 is 28.4 Å². The fourth-order valence-corrected chi connectivity index (χ4v) is 5.85. The van der Waals surface area contributed by atoms with Gasteiger partial charge in [-0.05, 0) is 50.7 Å². The standard InChI is InChI=1S/C27H29FN6O5/c28-27(9-2-10-27)26(39)32-11-7-17(8-12-32)33-15-16(14-30-33)13-29-19-4-1-3-18-22(19)25(38)34(24(18)37)20-5-6-21(35)31-23(20)36/h1,3-4,14-15,17,20,29H,2,5-13H2,(H,31,35,36). The minimum Gasteiger partial charge on any atom is -0.380 e. The van der Waals surface area contributed by atoms with E-state index in [9.17, 15) is 28.4 Å². The molecule has 0 radical (unpaired) electrons. The van der Waals surface area contributed by atoms with Crippen molar-refractivity contribution in [2.45, 2.75) is 69.2 Å². The molecule has 1 aliphatic carbocycles. The lowest BCUT2D eigenvalue weighted by atomic mass is 9.80. The molecule has 3 aliphatic heterocycles. The Morgan fingerprint density at radius 3 is 2.56 bits per heavy atom. The summed E-state index contributed by atoms with van der Waals surface area (Å²) in [5.41, 5.74) is 0.0794. The van der Waals surface area contributed by atoms with Crippen LogP contribution in [-0.4, -0.2) is 73.9 Å². The molecule has 204 valence electrons. The average molecular weight is 537 g/mol. The van der Waals surface area contributed by atoms with Crippen LogP contribution < -0.4 is 10.6 Å². The van der Waals surface area contributed by atoms with Crippen molar-refractivity contribution in [3.8, 4) is 0 Å². The van der Waals surface area contributed by atoms with Gasteiger partial charge in [-0.3, -0.25) is 38.9 Å². The van der Waals surface area contributed by atoms with E-state index in [1.165, 1.54) is 0 Å². The molecule has 0 bridgehead atoms. The lowest BCUT2D eigenvalue weighted by molar-refractivity contribution is -0.151. The summed E-state index contributed by atoms with van der Waals surface area (Å²) in [5, 5.41) is 9.90. The van der Waals surface area contributed by atoms with Gasteiger partial charge in [-0.15, -0.1) is 0 Å².